The first-order valence-electron chi connectivity index (χ1n) is 4.63. The number of piperidine rings is 1. The average molecular weight is 165 g/mol. The highest BCUT2D eigenvalue weighted by molar-refractivity contribution is 5.42. The summed E-state index contributed by atoms with van der Waals surface area (Å²) in [5.41, 5.74) is 1.19. The van der Waals surface area contributed by atoms with Crippen LogP contribution in [0.4, 0.5) is 5.82 Å². The maximum Gasteiger partial charge on any atom is 0.149 e. The Balaban J connectivity index is 2.13. The van der Waals surface area contributed by atoms with Crippen LogP contribution in [0, 0.1) is 6.92 Å². The van der Waals surface area contributed by atoms with Gasteiger partial charge in [0.25, 0.3) is 0 Å². The minimum atomic E-state index is 1.15. The van der Waals surface area contributed by atoms with Gasteiger partial charge in [0, 0.05) is 13.1 Å². The molecule has 0 unspecified atom stereocenters. The van der Waals surface area contributed by atoms with E-state index in [0.29, 0.717) is 0 Å². The standard InChI is InChI=1S/C9H15N3/c1-8-9(11-7-10-8)12-5-3-2-4-6-12/h7H,2-6H2,1H3,(H,10,11). The zero-order valence-corrected chi connectivity index (χ0v) is 7.51. The molecule has 0 atom stereocenters. The maximum absolute atomic E-state index is 4.31. The van der Waals surface area contributed by atoms with Crippen LogP contribution in [0.15, 0.2) is 6.33 Å². The number of hydrogen-bond acceptors (Lipinski definition) is 2. The van der Waals surface area contributed by atoms with Gasteiger partial charge in [-0.05, 0) is 26.2 Å². The van der Waals surface area contributed by atoms with Gasteiger partial charge in [0.15, 0.2) is 0 Å². The number of aryl methyl sites for hydroxylation is 1. The minimum Gasteiger partial charge on any atom is -0.355 e. The molecule has 0 radical (unpaired) electrons. The van der Waals surface area contributed by atoms with E-state index in [2.05, 4.69) is 21.8 Å². The number of hydrogen-bond donors (Lipinski definition) is 1. The lowest BCUT2D eigenvalue weighted by Gasteiger charge is -2.27. The normalized spacial score (nSPS) is 18.2. The number of imidazole rings is 1. The summed E-state index contributed by atoms with van der Waals surface area (Å²) in [6.07, 6.45) is 5.78. The predicted octanol–water partition coefficient (Wildman–Crippen LogP) is 1.71. The molecule has 2 rings (SSSR count). The maximum atomic E-state index is 4.31. The van der Waals surface area contributed by atoms with E-state index in [1.165, 1.54) is 38.0 Å². The molecule has 1 aromatic heterocycles. The molecule has 3 heteroatoms. The summed E-state index contributed by atoms with van der Waals surface area (Å²) in [4.78, 5) is 9.79. The van der Waals surface area contributed by atoms with Crippen LogP contribution < -0.4 is 4.90 Å². The van der Waals surface area contributed by atoms with Crippen LogP contribution in [-0.4, -0.2) is 23.1 Å². The summed E-state index contributed by atoms with van der Waals surface area (Å²) in [6.45, 7) is 4.42. The van der Waals surface area contributed by atoms with Gasteiger partial charge in [-0.3, -0.25) is 0 Å². The van der Waals surface area contributed by atoms with Crippen LogP contribution in [0.5, 0.6) is 0 Å². The van der Waals surface area contributed by atoms with Gasteiger partial charge >= 0.3 is 0 Å². The van der Waals surface area contributed by atoms with Gasteiger partial charge in [-0.25, -0.2) is 4.98 Å². The zero-order valence-electron chi connectivity index (χ0n) is 7.51. The smallest absolute Gasteiger partial charge is 0.149 e. The number of aromatic nitrogens is 2. The van der Waals surface area contributed by atoms with Crippen LogP contribution >= 0.6 is 0 Å². The van der Waals surface area contributed by atoms with Gasteiger partial charge in [-0.2, -0.15) is 0 Å². The first-order chi connectivity index (χ1) is 5.88. The van der Waals surface area contributed by atoms with Crippen LogP contribution in [0.25, 0.3) is 0 Å². The van der Waals surface area contributed by atoms with Gasteiger partial charge in [0.05, 0.1) is 12.0 Å². The molecule has 66 valence electrons. The van der Waals surface area contributed by atoms with Gasteiger partial charge in [0.2, 0.25) is 0 Å². The summed E-state index contributed by atoms with van der Waals surface area (Å²) in [7, 11) is 0. The second-order valence-electron chi connectivity index (χ2n) is 3.40. The third kappa shape index (κ3) is 1.31. The SMILES string of the molecule is Cc1[nH]cnc1N1CCCCC1. The highest BCUT2D eigenvalue weighted by atomic mass is 15.2. The summed E-state index contributed by atoms with van der Waals surface area (Å²) >= 11 is 0. The van der Waals surface area contributed by atoms with Gasteiger partial charge < -0.3 is 9.88 Å². The molecule has 1 fully saturated rings. The van der Waals surface area contributed by atoms with E-state index in [-0.39, 0.29) is 0 Å². The molecule has 0 aromatic carbocycles. The Hall–Kier alpha value is -0.990. The van der Waals surface area contributed by atoms with Crippen LogP contribution in [0.1, 0.15) is 25.0 Å². The molecule has 1 saturated heterocycles. The highest BCUT2D eigenvalue weighted by Crippen LogP contribution is 2.19. The summed E-state index contributed by atoms with van der Waals surface area (Å²) in [5.74, 6) is 1.15. The topological polar surface area (TPSA) is 31.9 Å². The summed E-state index contributed by atoms with van der Waals surface area (Å²) in [5, 5.41) is 0. The first kappa shape index (κ1) is 7.65. The molecule has 1 aliphatic rings. The van der Waals surface area contributed by atoms with Crippen LogP contribution in [0.2, 0.25) is 0 Å². The van der Waals surface area contributed by atoms with Crippen molar-refractivity contribution in [2.75, 3.05) is 18.0 Å². The van der Waals surface area contributed by atoms with Crippen molar-refractivity contribution in [2.45, 2.75) is 26.2 Å². The van der Waals surface area contributed by atoms with Crippen molar-refractivity contribution in [1.29, 1.82) is 0 Å². The number of nitrogens with one attached hydrogen (secondary N) is 1. The Labute approximate surface area is 72.8 Å². The second-order valence-corrected chi connectivity index (χ2v) is 3.40. The Morgan fingerprint density at radius 1 is 1.33 bits per heavy atom. The Kier molecular flexibility index (Phi) is 2.02. The first-order valence-corrected chi connectivity index (χ1v) is 4.63. The molecule has 3 nitrogen and oxygen atoms in total. The Morgan fingerprint density at radius 3 is 2.67 bits per heavy atom. The predicted molar refractivity (Wildman–Crippen MR) is 49.4 cm³/mol. The quantitative estimate of drug-likeness (QED) is 0.687. The van der Waals surface area contributed by atoms with Crippen molar-refractivity contribution < 1.29 is 0 Å². The molecule has 2 heterocycles. The Bertz CT molecular complexity index is 248. The molecule has 0 saturated carbocycles. The molecule has 0 aliphatic carbocycles. The van der Waals surface area contributed by atoms with Crippen molar-refractivity contribution in [3.8, 4) is 0 Å². The molecule has 0 amide bonds. The molecule has 1 aliphatic heterocycles. The number of rotatable bonds is 1. The van der Waals surface area contributed by atoms with Gasteiger partial charge in [-0.1, -0.05) is 0 Å². The Morgan fingerprint density at radius 2 is 2.08 bits per heavy atom. The van der Waals surface area contributed by atoms with E-state index in [0.717, 1.165) is 5.82 Å². The highest BCUT2D eigenvalue weighted by Gasteiger charge is 2.13. The third-order valence-electron chi connectivity index (χ3n) is 2.46. The van der Waals surface area contributed by atoms with E-state index < -0.39 is 0 Å². The summed E-state index contributed by atoms with van der Waals surface area (Å²) in [6, 6.07) is 0. The fourth-order valence-corrected chi connectivity index (χ4v) is 1.78. The van der Waals surface area contributed by atoms with Crippen LogP contribution in [0.3, 0.4) is 0 Å². The van der Waals surface area contributed by atoms with Crippen molar-refractivity contribution in [3.05, 3.63) is 12.0 Å². The van der Waals surface area contributed by atoms with Crippen molar-refractivity contribution in [3.63, 3.8) is 0 Å². The van der Waals surface area contributed by atoms with Gasteiger partial charge in [-0.15, -0.1) is 0 Å². The lowest BCUT2D eigenvalue weighted by Crippen LogP contribution is -2.30. The van der Waals surface area contributed by atoms with E-state index in [4.69, 9.17) is 0 Å². The van der Waals surface area contributed by atoms with E-state index in [1.54, 1.807) is 6.33 Å². The number of anilines is 1. The second kappa shape index (κ2) is 3.17. The van der Waals surface area contributed by atoms with Crippen molar-refractivity contribution in [2.24, 2.45) is 0 Å². The van der Waals surface area contributed by atoms with Crippen molar-refractivity contribution >= 4 is 5.82 Å². The molecule has 1 aromatic rings. The molecule has 0 spiro atoms. The fraction of sp³-hybridized carbons (Fsp3) is 0.667. The van der Waals surface area contributed by atoms with E-state index in [9.17, 15) is 0 Å². The average Bonchev–Trinajstić information content (AvgIpc) is 2.53. The van der Waals surface area contributed by atoms with Gasteiger partial charge in [0.1, 0.15) is 5.82 Å². The molecular formula is C9H15N3. The zero-order chi connectivity index (χ0) is 8.39. The number of H-pyrrole nitrogens is 1. The molecule has 12 heavy (non-hydrogen) atoms. The lowest BCUT2D eigenvalue weighted by atomic mass is 10.1. The largest absolute Gasteiger partial charge is 0.355 e. The van der Waals surface area contributed by atoms with E-state index in [1.807, 2.05) is 0 Å². The van der Waals surface area contributed by atoms with E-state index >= 15 is 0 Å². The summed E-state index contributed by atoms with van der Waals surface area (Å²) < 4.78 is 0. The molecular weight excluding hydrogens is 150 g/mol. The van der Waals surface area contributed by atoms with Crippen molar-refractivity contribution in [1.82, 2.24) is 9.97 Å². The molecule has 0 bridgehead atoms. The van der Waals surface area contributed by atoms with Crippen LogP contribution in [-0.2, 0) is 0 Å². The monoisotopic (exact) mass is 165 g/mol. The third-order valence-corrected chi connectivity index (χ3v) is 2.46. The number of nitrogens with zero attached hydrogens (tertiary/aromatic N) is 2. The lowest BCUT2D eigenvalue weighted by molar-refractivity contribution is 0.573. The molecule has 1 N–H and O–H groups in total. The minimum absolute atomic E-state index is 1.15. The number of aromatic amines is 1. The fourth-order valence-electron chi connectivity index (χ4n) is 1.78.